The van der Waals surface area contributed by atoms with Crippen LogP contribution in [0.1, 0.15) is 48.5 Å². The van der Waals surface area contributed by atoms with Crippen molar-refractivity contribution in [3.63, 3.8) is 0 Å². The number of rotatable bonds is 5. The van der Waals surface area contributed by atoms with Crippen LogP contribution in [0.15, 0.2) is 47.5 Å². The molecule has 7 heteroatoms. The first kappa shape index (κ1) is 20.7. The molecule has 1 atom stereocenters. The molecule has 1 saturated carbocycles. The summed E-state index contributed by atoms with van der Waals surface area (Å²) in [6.07, 6.45) is 5.17. The fourth-order valence-corrected chi connectivity index (χ4v) is 3.32. The Morgan fingerprint density at radius 1 is 1.16 bits per heavy atom. The van der Waals surface area contributed by atoms with Crippen LogP contribution in [-0.2, 0) is 6.61 Å². The van der Waals surface area contributed by atoms with Gasteiger partial charge in [-0.3, -0.25) is 4.79 Å². The molecule has 3 aromatic rings. The summed E-state index contributed by atoms with van der Waals surface area (Å²) in [7, 11) is 0. The van der Waals surface area contributed by atoms with Crippen molar-refractivity contribution in [1.82, 2.24) is 14.5 Å². The Bertz CT molecular complexity index is 1200. The molecular formula is C24H21F2N3O2. The first-order valence-corrected chi connectivity index (χ1v) is 10.0. The van der Waals surface area contributed by atoms with Crippen molar-refractivity contribution in [3.05, 3.63) is 87.4 Å². The van der Waals surface area contributed by atoms with Crippen molar-refractivity contribution in [3.8, 4) is 17.6 Å². The first-order chi connectivity index (χ1) is 14.9. The lowest BCUT2D eigenvalue weighted by Gasteiger charge is -2.20. The Balaban J connectivity index is 1.57. The Kier molecular flexibility index (Phi) is 5.81. The topological polar surface area (TPSA) is 57.0 Å². The predicted molar refractivity (Wildman–Crippen MR) is 112 cm³/mol. The van der Waals surface area contributed by atoms with Gasteiger partial charge in [-0.15, -0.1) is 0 Å². The Morgan fingerprint density at radius 2 is 1.84 bits per heavy atom. The van der Waals surface area contributed by atoms with Crippen molar-refractivity contribution >= 4 is 0 Å². The number of aromatic nitrogens is 3. The minimum atomic E-state index is -0.719. The van der Waals surface area contributed by atoms with Crippen LogP contribution in [0.5, 0.6) is 5.75 Å². The smallest absolute Gasteiger partial charge is 0.254 e. The Labute approximate surface area is 178 Å². The van der Waals surface area contributed by atoms with E-state index in [0.717, 1.165) is 12.8 Å². The summed E-state index contributed by atoms with van der Waals surface area (Å²) in [5.74, 6) is 5.16. The van der Waals surface area contributed by atoms with Gasteiger partial charge < -0.3 is 9.30 Å². The summed E-state index contributed by atoms with van der Waals surface area (Å²) in [5, 5.41) is 0. The van der Waals surface area contributed by atoms with E-state index in [1.54, 1.807) is 38.4 Å². The normalized spacial score (nSPS) is 13.9. The quantitative estimate of drug-likeness (QED) is 0.580. The molecule has 2 aromatic heterocycles. The highest BCUT2D eigenvalue weighted by molar-refractivity contribution is 5.41. The number of halogens is 2. The number of hydrogen-bond donors (Lipinski definition) is 0. The maximum atomic E-state index is 14.5. The highest BCUT2D eigenvalue weighted by Gasteiger charge is 2.20. The van der Waals surface area contributed by atoms with Crippen molar-refractivity contribution in [2.24, 2.45) is 5.92 Å². The molecule has 0 spiro atoms. The third kappa shape index (κ3) is 4.80. The SMILES string of the molecule is Cc1cc(OCc2ncccn2)cc(=O)n1C(C)c1cc(F)c(C#CC2CC2)c(F)c1. The lowest BCUT2D eigenvalue weighted by Crippen LogP contribution is -2.26. The van der Waals surface area contributed by atoms with E-state index in [0.29, 0.717) is 22.8 Å². The van der Waals surface area contributed by atoms with Gasteiger partial charge in [0, 0.05) is 30.1 Å². The van der Waals surface area contributed by atoms with E-state index >= 15 is 0 Å². The zero-order valence-corrected chi connectivity index (χ0v) is 17.2. The number of hydrogen-bond acceptors (Lipinski definition) is 4. The molecule has 158 valence electrons. The number of benzene rings is 1. The van der Waals surface area contributed by atoms with Gasteiger partial charge in [0.2, 0.25) is 0 Å². The minimum Gasteiger partial charge on any atom is -0.485 e. The molecule has 1 aliphatic carbocycles. The maximum absolute atomic E-state index is 14.5. The van der Waals surface area contributed by atoms with Gasteiger partial charge in [-0.25, -0.2) is 18.7 Å². The fraction of sp³-hybridized carbons (Fsp3) is 0.292. The van der Waals surface area contributed by atoms with E-state index < -0.39 is 17.7 Å². The second-order valence-electron chi connectivity index (χ2n) is 7.57. The number of aryl methyl sites for hydroxylation is 1. The second kappa shape index (κ2) is 8.68. The molecule has 0 N–H and O–H groups in total. The van der Waals surface area contributed by atoms with E-state index in [4.69, 9.17) is 4.74 Å². The summed E-state index contributed by atoms with van der Waals surface area (Å²) in [4.78, 5) is 20.9. The van der Waals surface area contributed by atoms with Gasteiger partial charge in [0.05, 0.1) is 11.6 Å². The van der Waals surface area contributed by atoms with Crippen LogP contribution < -0.4 is 10.3 Å². The van der Waals surface area contributed by atoms with Crippen LogP contribution in [0.4, 0.5) is 8.78 Å². The summed E-state index contributed by atoms with van der Waals surface area (Å²) >= 11 is 0. The molecule has 0 amide bonds. The second-order valence-corrected chi connectivity index (χ2v) is 7.57. The number of ether oxygens (including phenoxy) is 1. The standard InChI is InChI=1S/C24H21F2N3O2/c1-15-10-19(31-14-23-27-8-3-9-28-23)13-24(30)29(15)16(2)18-11-21(25)20(22(26)12-18)7-6-17-4-5-17/h3,8-13,16-17H,4-5,14H2,1-2H3. The lowest BCUT2D eigenvalue weighted by molar-refractivity contribution is 0.294. The zero-order valence-electron chi connectivity index (χ0n) is 17.2. The highest BCUT2D eigenvalue weighted by atomic mass is 19.1. The van der Waals surface area contributed by atoms with Gasteiger partial charge in [-0.05, 0) is 56.5 Å². The molecular weight excluding hydrogens is 400 g/mol. The molecule has 1 unspecified atom stereocenters. The average molecular weight is 421 g/mol. The summed E-state index contributed by atoms with van der Waals surface area (Å²) < 4.78 is 36.1. The third-order valence-electron chi connectivity index (χ3n) is 5.13. The van der Waals surface area contributed by atoms with E-state index in [2.05, 4.69) is 21.8 Å². The maximum Gasteiger partial charge on any atom is 0.254 e. The van der Waals surface area contributed by atoms with Crippen LogP contribution in [0.2, 0.25) is 0 Å². The fourth-order valence-electron chi connectivity index (χ4n) is 3.32. The molecule has 1 aromatic carbocycles. The molecule has 1 aliphatic rings. The predicted octanol–water partition coefficient (Wildman–Crippen LogP) is 4.17. The molecule has 0 radical (unpaired) electrons. The monoisotopic (exact) mass is 421 g/mol. The molecule has 0 aliphatic heterocycles. The van der Waals surface area contributed by atoms with Crippen molar-refractivity contribution in [2.45, 2.75) is 39.3 Å². The minimum absolute atomic E-state index is 0.124. The van der Waals surface area contributed by atoms with Crippen molar-refractivity contribution < 1.29 is 13.5 Å². The van der Waals surface area contributed by atoms with Crippen molar-refractivity contribution in [2.75, 3.05) is 0 Å². The van der Waals surface area contributed by atoms with Crippen LogP contribution in [0.25, 0.3) is 0 Å². The molecule has 4 rings (SSSR count). The van der Waals surface area contributed by atoms with Gasteiger partial charge in [-0.2, -0.15) is 0 Å². The molecule has 1 fully saturated rings. The zero-order chi connectivity index (χ0) is 22.0. The lowest BCUT2D eigenvalue weighted by atomic mass is 10.0. The Morgan fingerprint density at radius 3 is 2.45 bits per heavy atom. The number of nitrogens with zero attached hydrogens (tertiary/aromatic N) is 3. The van der Waals surface area contributed by atoms with E-state index in [9.17, 15) is 13.6 Å². The molecule has 2 heterocycles. The van der Waals surface area contributed by atoms with Gasteiger partial charge in [0.25, 0.3) is 5.56 Å². The van der Waals surface area contributed by atoms with E-state index in [1.807, 2.05) is 0 Å². The van der Waals surface area contributed by atoms with Crippen LogP contribution in [0.3, 0.4) is 0 Å². The van der Waals surface area contributed by atoms with Gasteiger partial charge in [-0.1, -0.05) is 11.8 Å². The van der Waals surface area contributed by atoms with Gasteiger partial charge in [0.1, 0.15) is 24.0 Å². The third-order valence-corrected chi connectivity index (χ3v) is 5.13. The largest absolute Gasteiger partial charge is 0.485 e. The molecule has 31 heavy (non-hydrogen) atoms. The Hall–Kier alpha value is -3.53. The van der Waals surface area contributed by atoms with Gasteiger partial charge in [0.15, 0.2) is 5.82 Å². The molecule has 5 nitrogen and oxygen atoms in total. The van der Waals surface area contributed by atoms with E-state index in [1.165, 1.54) is 22.8 Å². The molecule has 0 saturated heterocycles. The average Bonchev–Trinajstić information content (AvgIpc) is 3.56. The van der Waals surface area contributed by atoms with Crippen LogP contribution >= 0.6 is 0 Å². The van der Waals surface area contributed by atoms with Crippen molar-refractivity contribution in [1.29, 1.82) is 0 Å². The first-order valence-electron chi connectivity index (χ1n) is 10.0. The number of pyridine rings is 1. The summed E-state index contributed by atoms with van der Waals surface area (Å²) in [5.41, 5.74) is 0.389. The van der Waals surface area contributed by atoms with E-state index in [-0.39, 0.29) is 23.6 Å². The van der Waals surface area contributed by atoms with Gasteiger partial charge >= 0.3 is 0 Å². The van der Waals surface area contributed by atoms with Crippen LogP contribution in [0, 0.1) is 36.3 Å². The van der Waals surface area contributed by atoms with Crippen LogP contribution in [-0.4, -0.2) is 14.5 Å². The molecule has 0 bridgehead atoms. The highest BCUT2D eigenvalue weighted by Crippen LogP contribution is 2.28. The summed E-state index contributed by atoms with van der Waals surface area (Å²) in [6.45, 7) is 3.58. The summed E-state index contributed by atoms with van der Waals surface area (Å²) in [6, 6.07) is 6.65.